The maximum atomic E-state index is 12.4. The highest BCUT2D eigenvalue weighted by Gasteiger charge is 2.29. The second-order valence-electron chi connectivity index (χ2n) is 6.76. The zero-order chi connectivity index (χ0) is 19.8. The van der Waals surface area contributed by atoms with Gasteiger partial charge in [-0.2, -0.15) is 5.26 Å². The molecular formula is C23H15N3O2S. The van der Waals surface area contributed by atoms with Crippen molar-refractivity contribution in [3.05, 3.63) is 83.4 Å². The third-order valence-electron chi connectivity index (χ3n) is 5.07. The lowest BCUT2D eigenvalue weighted by Gasteiger charge is -2.14. The second kappa shape index (κ2) is 7.04. The average Bonchev–Trinajstić information content (AvgIpc) is 3.29. The first-order valence-corrected chi connectivity index (χ1v) is 9.97. The minimum absolute atomic E-state index is 0.0155. The molecule has 1 aliphatic rings. The molecule has 5 rings (SSSR count). The van der Waals surface area contributed by atoms with E-state index in [2.05, 4.69) is 40.6 Å². The SMILES string of the molecule is N#Cc1ccc2nc(NC(=O)OCC3c4ccccc4-c4ccccc43)sc2c1. The molecule has 1 aromatic heterocycles. The molecule has 0 unspecified atom stereocenters. The van der Waals surface area contributed by atoms with Crippen molar-refractivity contribution < 1.29 is 9.53 Å². The first-order valence-electron chi connectivity index (χ1n) is 9.15. The van der Waals surface area contributed by atoms with E-state index in [1.165, 1.54) is 33.6 Å². The second-order valence-corrected chi connectivity index (χ2v) is 7.79. The zero-order valence-electron chi connectivity index (χ0n) is 15.3. The van der Waals surface area contributed by atoms with Crippen molar-refractivity contribution >= 4 is 32.8 Å². The Bertz CT molecular complexity index is 1240. The van der Waals surface area contributed by atoms with Crippen LogP contribution >= 0.6 is 11.3 Å². The van der Waals surface area contributed by atoms with Crippen LogP contribution in [0.2, 0.25) is 0 Å². The van der Waals surface area contributed by atoms with Gasteiger partial charge in [0.05, 0.1) is 21.8 Å². The van der Waals surface area contributed by atoms with Crippen LogP contribution in [0.3, 0.4) is 0 Å². The Kier molecular flexibility index (Phi) is 4.23. The first-order chi connectivity index (χ1) is 14.2. The lowest BCUT2D eigenvalue weighted by atomic mass is 9.98. The summed E-state index contributed by atoms with van der Waals surface area (Å²) in [6.45, 7) is 0.253. The van der Waals surface area contributed by atoms with Gasteiger partial charge in [0.25, 0.3) is 0 Å². The number of nitrogens with zero attached hydrogens (tertiary/aromatic N) is 2. The van der Waals surface area contributed by atoms with Gasteiger partial charge in [-0.3, -0.25) is 5.32 Å². The maximum Gasteiger partial charge on any atom is 0.413 e. The van der Waals surface area contributed by atoms with Gasteiger partial charge in [0.1, 0.15) is 6.61 Å². The lowest BCUT2D eigenvalue weighted by molar-refractivity contribution is 0.158. The topological polar surface area (TPSA) is 75.0 Å². The van der Waals surface area contributed by atoms with E-state index in [9.17, 15) is 4.79 Å². The smallest absolute Gasteiger partial charge is 0.413 e. The monoisotopic (exact) mass is 397 g/mol. The Labute approximate surface area is 171 Å². The molecule has 0 fully saturated rings. The van der Waals surface area contributed by atoms with Crippen molar-refractivity contribution in [2.75, 3.05) is 11.9 Å². The molecule has 0 radical (unpaired) electrons. The summed E-state index contributed by atoms with van der Waals surface area (Å²) in [6.07, 6.45) is -0.536. The number of carbonyl (C=O) groups excluding carboxylic acids is 1. The van der Waals surface area contributed by atoms with E-state index in [1.54, 1.807) is 18.2 Å². The van der Waals surface area contributed by atoms with Crippen LogP contribution in [0.25, 0.3) is 21.3 Å². The summed E-state index contributed by atoms with van der Waals surface area (Å²) in [5.41, 5.74) is 6.03. The van der Waals surface area contributed by atoms with Crippen LogP contribution in [0, 0.1) is 11.3 Å². The fourth-order valence-corrected chi connectivity index (χ4v) is 4.66. The fourth-order valence-electron chi connectivity index (χ4n) is 3.77. The van der Waals surface area contributed by atoms with Gasteiger partial charge in [-0.15, -0.1) is 0 Å². The summed E-state index contributed by atoms with van der Waals surface area (Å²) in [5.74, 6) is 0.0155. The van der Waals surface area contributed by atoms with Gasteiger partial charge < -0.3 is 4.74 Å². The number of amides is 1. The number of nitriles is 1. The van der Waals surface area contributed by atoms with Crippen molar-refractivity contribution in [1.82, 2.24) is 4.98 Å². The summed E-state index contributed by atoms with van der Waals surface area (Å²) in [7, 11) is 0. The zero-order valence-corrected chi connectivity index (χ0v) is 16.1. The number of carbonyl (C=O) groups is 1. The molecule has 1 heterocycles. The molecule has 0 bridgehead atoms. The summed E-state index contributed by atoms with van der Waals surface area (Å²) < 4.78 is 6.39. The van der Waals surface area contributed by atoms with Gasteiger partial charge in [0, 0.05) is 5.92 Å². The molecule has 1 aliphatic carbocycles. The molecule has 29 heavy (non-hydrogen) atoms. The van der Waals surface area contributed by atoms with Crippen LogP contribution in [0.4, 0.5) is 9.93 Å². The minimum Gasteiger partial charge on any atom is -0.448 e. The van der Waals surface area contributed by atoms with E-state index in [-0.39, 0.29) is 12.5 Å². The quantitative estimate of drug-likeness (QED) is 0.493. The Morgan fingerprint density at radius 2 is 1.76 bits per heavy atom. The number of hydrogen-bond acceptors (Lipinski definition) is 5. The predicted molar refractivity (Wildman–Crippen MR) is 113 cm³/mol. The third kappa shape index (κ3) is 3.12. The molecular weight excluding hydrogens is 382 g/mol. The Morgan fingerprint density at radius 3 is 2.45 bits per heavy atom. The third-order valence-corrected chi connectivity index (χ3v) is 6.00. The number of aromatic nitrogens is 1. The largest absolute Gasteiger partial charge is 0.448 e. The number of ether oxygens (including phenoxy) is 1. The number of thiazole rings is 1. The summed E-state index contributed by atoms with van der Waals surface area (Å²) in [5, 5.41) is 12.2. The van der Waals surface area contributed by atoms with E-state index >= 15 is 0 Å². The number of benzene rings is 3. The molecule has 4 aromatic rings. The first kappa shape index (κ1) is 17.4. The molecule has 1 amide bonds. The Morgan fingerprint density at radius 1 is 1.07 bits per heavy atom. The van der Waals surface area contributed by atoms with E-state index in [1.807, 2.05) is 24.3 Å². The highest BCUT2D eigenvalue weighted by Crippen LogP contribution is 2.44. The molecule has 140 valence electrons. The van der Waals surface area contributed by atoms with Crippen molar-refractivity contribution in [3.8, 4) is 17.2 Å². The van der Waals surface area contributed by atoms with E-state index < -0.39 is 6.09 Å². The summed E-state index contributed by atoms with van der Waals surface area (Å²) in [4.78, 5) is 16.8. The van der Waals surface area contributed by atoms with Crippen LogP contribution in [0.1, 0.15) is 22.6 Å². The van der Waals surface area contributed by atoms with Crippen molar-refractivity contribution in [1.29, 1.82) is 5.26 Å². The molecule has 0 atom stereocenters. The molecule has 6 heteroatoms. The molecule has 0 saturated heterocycles. The molecule has 1 N–H and O–H groups in total. The van der Waals surface area contributed by atoms with E-state index in [0.717, 1.165) is 10.2 Å². The molecule has 0 spiro atoms. The Hall–Kier alpha value is -3.69. The van der Waals surface area contributed by atoms with Crippen LogP contribution in [0.5, 0.6) is 0 Å². The van der Waals surface area contributed by atoms with E-state index in [4.69, 9.17) is 10.00 Å². The summed E-state index contributed by atoms with van der Waals surface area (Å²) in [6, 6.07) is 23.8. The fraction of sp³-hybridized carbons (Fsp3) is 0.0870. The maximum absolute atomic E-state index is 12.4. The minimum atomic E-state index is -0.536. The molecule has 0 aliphatic heterocycles. The number of hydrogen-bond donors (Lipinski definition) is 1. The number of anilines is 1. The van der Waals surface area contributed by atoms with Gasteiger partial charge in [-0.1, -0.05) is 59.9 Å². The van der Waals surface area contributed by atoms with Crippen molar-refractivity contribution in [3.63, 3.8) is 0 Å². The van der Waals surface area contributed by atoms with Gasteiger partial charge >= 0.3 is 6.09 Å². The van der Waals surface area contributed by atoms with Crippen LogP contribution in [-0.4, -0.2) is 17.7 Å². The highest BCUT2D eigenvalue weighted by atomic mass is 32.1. The number of fused-ring (bicyclic) bond motifs is 4. The Balaban J connectivity index is 1.32. The number of nitrogens with one attached hydrogen (secondary N) is 1. The predicted octanol–water partition coefficient (Wildman–Crippen LogP) is 5.53. The van der Waals surface area contributed by atoms with Crippen LogP contribution in [0.15, 0.2) is 66.7 Å². The van der Waals surface area contributed by atoms with E-state index in [0.29, 0.717) is 10.7 Å². The van der Waals surface area contributed by atoms with Gasteiger partial charge in [0.15, 0.2) is 5.13 Å². The van der Waals surface area contributed by atoms with Gasteiger partial charge in [0.2, 0.25) is 0 Å². The highest BCUT2D eigenvalue weighted by molar-refractivity contribution is 7.22. The van der Waals surface area contributed by atoms with Gasteiger partial charge in [-0.05, 0) is 40.5 Å². The standard InChI is InChI=1S/C23H15N3O2S/c24-12-14-9-10-20-21(11-14)29-22(25-20)26-23(27)28-13-19-17-7-3-1-5-15(17)16-6-2-4-8-18(16)19/h1-11,19H,13H2,(H,25,26,27). The van der Waals surface area contributed by atoms with Crippen molar-refractivity contribution in [2.24, 2.45) is 0 Å². The normalized spacial score (nSPS) is 12.2. The van der Waals surface area contributed by atoms with Crippen LogP contribution < -0.4 is 5.32 Å². The van der Waals surface area contributed by atoms with Gasteiger partial charge in [-0.25, -0.2) is 9.78 Å². The summed E-state index contributed by atoms with van der Waals surface area (Å²) >= 11 is 1.32. The molecule has 0 saturated carbocycles. The average molecular weight is 397 g/mol. The lowest BCUT2D eigenvalue weighted by Crippen LogP contribution is -2.17. The van der Waals surface area contributed by atoms with Crippen LogP contribution in [-0.2, 0) is 4.74 Å². The number of rotatable bonds is 3. The van der Waals surface area contributed by atoms with Crippen molar-refractivity contribution in [2.45, 2.75) is 5.92 Å². The molecule has 3 aromatic carbocycles. The molecule has 5 nitrogen and oxygen atoms in total.